The molecule has 1 atom stereocenters. The Balaban J connectivity index is 2.34. The lowest BCUT2D eigenvalue weighted by Crippen LogP contribution is -2.24. The van der Waals surface area contributed by atoms with E-state index >= 15 is 0 Å². The molecule has 0 spiro atoms. The molecule has 0 radical (unpaired) electrons. The molecule has 1 aromatic carbocycles. The quantitative estimate of drug-likeness (QED) is 0.789. The molecule has 0 aromatic heterocycles. The van der Waals surface area contributed by atoms with Crippen LogP contribution in [0.1, 0.15) is 6.92 Å². The SMILES string of the molecule is CC(C#N)S(=O)(=O)Nc1cc2c(cc1N)OCCO2. The summed E-state index contributed by atoms with van der Waals surface area (Å²) in [4.78, 5) is 0. The molecule has 1 aromatic rings. The molecule has 2 rings (SSSR count). The molecule has 0 bridgehead atoms. The van der Waals surface area contributed by atoms with Gasteiger partial charge in [-0.25, -0.2) is 8.42 Å². The fourth-order valence-electron chi connectivity index (χ4n) is 1.50. The maximum Gasteiger partial charge on any atom is 0.248 e. The van der Waals surface area contributed by atoms with Crippen LogP contribution in [0.4, 0.5) is 11.4 Å². The third-order valence-corrected chi connectivity index (χ3v) is 4.15. The Labute approximate surface area is 111 Å². The normalized spacial score (nSPS) is 15.4. The lowest BCUT2D eigenvalue weighted by molar-refractivity contribution is 0.172. The van der Waals surface area contributed by atoms with Crippen molar-refractivity contribution in [2.24, 2.45) is 0 Å². The zero-order chi connectivity index (χ0) is 14.0. The van der Waals surface area contributed by atoms with E-state index < -0.39 is 15.3 Å². The molecule has 1 aliphatic heterocycles. The molecule has 1 unspecified atom stereocenters. The van der Waals surface area contributed by atoms with E-state index in [1.165, 1.54) is 19.1 Å². The van der Waals surface area contributed by atoms with Crippen molar-refractivity contribution in [2.45, 2.75) is 12.2 Å². The van der Waals surface area contributed by atoms with E-state index in [1.54, 1.807) is 6.07 Å². The number of anilines is 2. The van der Waals surface area contributed by atoms with Gasteiger partial charge in [-0.3, -0.25) is 4.72 Å². The maximum atomic E-state index is 11.8. The van der Waals surface area contributed by atoms with Crippen LogP contribution in [0.2, 0.25) is 0 Å². The first-order valence-electron chi connectivity index (χ1n) is 5.54. The van der Waals surface area contributed by atoms with Crippen LogP contribution in [0.25, 0.3) is 0 Å². The number of ether oxygens (including phenoxy) is 2. The lowest BCUT2D eigenvalue weighted by atomic mass is 10.2. The minimum Gasteiger partial charge on any atom is -0.486 e. The molecule has 1 heterocycles. The number of nitrogens with two attached hydrogens (primary N) is 1. The van der Waals surface area contributed by atoms with Gasteiger partial charge in [-0.2, -0.15) is 5.26 Å². The highest BCUT2D eigenvalue weighted by Crippen LogP contribution is 2.37. The Morgan fingerprint density at radius 1 is 1.37 bits per heavy atom. The minimum atomic E-state index is -3.80. The number of benzene rings is 1. The third-order valence-electron chi connectivity index (χ3n) is 2.61. The summed E-state index contributed by atoms with van der Waals surface area (Å²) in [5.74, 6) is 0.891. The van der Waals surface area contributed by atoms with Crippen LogP contribution in [0, 0.1) is 11.3 Å². The second-order valence-corrected chi connectivity index (χ2v) is 6.00. The summed E-state index contributed by atoms with van der Waals surface area (Å²) in [5, 5.41) is 7.48. The number of nitrogens with zero attached hydrogens (tertiary/aromatic N) is 1. The monoisotopic (exact) mass is 283 g/mol. The number of sulfonamides is 1. The van der Waals surface area contributed by atoms with Crippen molar-refractivity contribution in [3.63, 3.8) is 0 Å². The molecule has 1 aliphatic rings. The minimum absolute atomic E-state index is 0.173. The van der Waals surface area contributed by atoms with Crippen molar-refractivity contribution in [3.05, 3.63) is 12.1 Å². The molecule has 0 aliphatic carbocycles. The van der Waals surface area contributed by atoms with Crippen molar-refractivity contribution in [1.82, 2.24) is 0 Å². The van der Waals surface area contributed by atoms with Crippen LogP contribution in [0.15, 0.2) is 12.1 Å². The smallest absolute Gasteiger partial charge is 0.248 e. The van der Waals surface area contributed by atoms with E-state index in [1.807, 2.05) is 0 Å². The van der Waals surface area contributed by atoms with Crippen molar-refractivity contribution >= 4 is 21.4 Å². The van der Waals surface area contributed by atoms with Crippen LogP contribution in [0.5, 0.6) is 11.5 Å². The van der Waals surface area contributed by atoms with Gasteiger partial charge in [0.1, 0.15) is 13.2 Å². The Kier molecular flexibility index (Phi) is 3.40. The first-order valence-corrected chi connectivity index (χ1v) is 7.09. The Bertz CT molecular complexity index is 636. The molecule has 0 saturated carbocycles. The fraction of sp³-hybridized carbons (Fsp3) is 0.364. The highest BCUT2D eigenvalue weighted by molar-refractivity contribution is 7.93. The lowest BCUT2D eigenvalue weighted by Gasteiger charge is -2.20. The average Bonchev–Trinajstić information content (AvgIpc) is 2.38. The summed E-state index contributed by atoms with van der Waals surface area (Å²) >= 11 is 0. The van der Waals surface area contributed by atoms with Crippen molar-refractivity contribution in [2.75, 3.05) is 23.7 Å². The Morgan fingerprint density at radius 3 is 2.53 bits per heavy atom. The number of nitrogens with one attached hydrogen (secondary N) is 1. The summed E-state index contributed by atoms with van der Waals surface area (Å²) in [6.45, 7) is 2.09. The van der Waals surface area contributed by atoms with Gasteiger partial charge < -0.3 is 15.2 Å². The van der Waals surface area contributed by atoms with Gasteiger partial charge in [-0.05, 0) is 6.92 Å². The number of rotatable bonds is 3. The molecule has 19 heavy (non-hydrogen) atoms. The average molecular weight is 283 g/mol. The number of nitrogen functional groups attached to an aromatic ring is 1. The van der Waals surface area contributed by atoms with E-state index in [2.05, 4.69) is 4.72 Å². The summed E-state index contributed by atoms with van der Waals surface area (Å²) in [7, 11) is -3.80. The second-order valence-electron chi connectivity index (χ2n) is 4.00. The maximum absolute atomic E-state index is 11.8. The summed E-state index contributed by atoms with van der Waals surface area (Å²) in [5.41, 5.74) is 6.13. The van der Waals surface area contributed by atoms with Gasteiger partial charge in [0.05, 0.1) is 17.4 Å². The summed E-state index contributed by atoms with van der Waals surface area (Å²) in [6, 6.07) is 4.60. The molecule has 0 fully saturated rings. The van der Waals surface area contributed by atoms with E-state index in [0.717, 1.165) is 0 Å². The van der Waals surface area contributed by atoms with Crippen molar-refractivity contribution < 1.29 is 17.9 Å². The highest BCUT2D eigenvalue weighted by atomic mass is 32.2. The summed E-state index contributed by atoms with van der Waals surface area (Å²) in [6.07, 6.45) is 0. The Hall–Kier alpha value is -2.14. The van der Waals surface area contributed by atoms with E-state index in [-0.39, 0.29) is 11.4 Å². The standard InChI is InChI=1S/C11H13N3O4S/c1-7(6-12)19(15,16)14-9-5-11-10(4-8(9)13)17-2-3-18-11/h4-5,7,14H,2-3,13H2,1H3. The third kappa shape index (κ3) is 2.66. The molecule has 8 heteroatoms. The van der Waals surface area contributed by atoms with Crippen LogP contribution in [-0.2, 0) is 10.0 Å². The van der Waals surface area contributed by atoms with Gasteiger partial charge >= 0.3 is 0 Å². The topological polar surface area (TPSA) is 114 Å². The van der Waals surface area contributed by atoms with E-state index in [9.17, 15) is 8.42 Å². The van der Waals surface area contributed by atoms with Gasteiger partial charge in [-0.1, -0.05) is 0 Å². The first kappa shape index (κ1) is 13.3. The zero-order valence-electron chi connectivity index (χ0n) is 10.2. The van der Waals surface area contributed by atoms with E-state index in [0.29, 0.717) is 24.7 Å². The fourth-order valence-corrected chi connectivity index (χ4v) is 2.30. The largest absolute Gasteiger partial charge is 0.486 e. The zero-order valence-corrected chi connectivity index (χ0v) is 11.0. The van der Waals surface area contributed by atoms with Gasteiger partial charge in [0, 0.05) is 12.1 Å². The first-order chi connectivity index (χ1) is 8.94. The highest BCUT2D eigenvalue weighted by Gasteiger charge is 2.23. The molecular formula is C11H13N3O4S. The van der Waals surface area contributed by atoms with Crippen LogP contribution in [0.3, 0.4) is 0 Å². The van der Waals surface area contributed by atoms with E-state index in [4.69, 9.17) is 20.5 Å². The van der Waals surface area contributed by atoms with Gasteiger partial charge in [0.15, 0.2) is 16.7 Å². The van der Waals surface area contributed by atoms with Gasteiger partial charge in [-0.15, -0.1) is 0 Å². The predicted molar refractivity (Wildman–Crippen MR) is 69.5 cm³/mol. The number of hydrogen-bond acceptors (Lipinski definition) is 6. The predicted octanol–water partition coefficient (Wildman–Crippen LogP) is 0.694. The van der Waals surface area contributed by atoms with Crippen LogP contribution in [-0.4, -0.2) is 26.9 Å². The number of fused-ring (bicyclic) bond motifs is 1. The van der Waals surface area contributed by atoms with Crippen molar-refractivity contribution in [1.29, 1.82) is 5.26 Å². The number of hydrogen-bond donors (Lipinski definition) is 2. The Morgan fingerprint density at radius 2 is 1.95 bits per heavy atom. The van der Waals surface area contributed by atoms with Gasteiger partial charge in [0.2, 0.25) is 10.0 Å². The molecule has 102 valence electrons. The molecule has 7 nitrogen and oxygen atoms in total. The van der Waals surface area contributed by atoms with Crippen molar-refractivity contribution in [3.8, 4) is 17.6 Å². The van der Waals surface area contributed by atoms with Gasteiger partial charge in [0.25, 0.3) is 0 Å². The summed E-state index contributed by atoms with van der Waals surface area (Å²) < 4.78 is 36.5. The molecule has 3 N–H and O–H groups in total. The molecular weight excluding hydrogens is 270 g/mol. The van der Waals surface area contributed by atoms with Crippen LogP contribution >= 0.6 is 0 Å². The second kappa shape index (κ2) is 4.85. The molecule has 0 amide bonds. The van der Waals surface area contributed by atoms with Crippen LogP contribution < -0.4 is 19.9 Å². The molecule has 0 saturated heterocycles. The number of nitriles is 1.